The second kappa shape index (κ2) is 2.93. The number of hydrogen-bond acceptors (Lipinski definition) is 1. The van der Waals surface area contributed by atoms with E-state index in [2.05, 4.69) is 15.9 Å². The van der Waals surface area contributed by atoms with Gasteiger partial charge < -0.3 is 9.67 Å². The fourth-order valence-electron chi connectivity index (χ4n) is 1.40. The first-order valence-corrected chi connectivity index (χ1v) is 4.90. The molecule has 2 nitrogen and oxygen atoms in total. The van der Waals surface area contributed by atoms with Gasteiger partial charge in [0.2, 0.25) is 0 Å². The van der Waals surface area contributed by atoms with Gasteiger partial charge in [0.25, 0.3) is 0 Å². The summed E-state index contributed by atoms with van der Waals surface area (Å²) in [6.45, 7) is 0. The average molecular weight is 261 g/mol. The van der Waals surface area contributed by atoms with Crippen molar-refractivity contribution in [2.24, 2.45) is 7.05 Å². The van der Waals surface area contributed by atoms with Gasteiger partial charge in [-0.25, -0.2) is 0 Å². The fourth-order valence-corrected chi connectivity index (χ4v) is 1.98. The van der Waals surface area contributed by atoms with Gasteiger partial charge in [-0.1, -0.05) is 11.6 Å². The summed E-state index contributed by atoms with van der Waals surface area (Å²) >= 11 is 9.33. The third-order valence-corrected chi connectivity index (χ3v) is 3.31. The topological polar surface area (TPSA) is 25.2 Å². The molecule has 0 saturated heterocycles. The molecule has 1 N–H and O–H groups in total. The van der Waals surface area contributed by atoms with Crippen molar-refractivity contribution in [3.63, 3.8) is 0 Å². The van der Waals surface area contributed by atoms with Crippen LogP contribution in [0.5, 0.6) is 5.75 Å². The number of aryl methyl sites for hydroxylation is 1. The van der Waals surface area contributed by atoms with Crippen molar-refractivity contribution in [3.05, 3.63) is 27.8 Å². The van der Waals surface area contributed by atoms with Crippen LogP contribution < -0.4 is 0 Å². The standard InChI is InChI=1S/C9H7BrClNO/c1-12-4-7(13)8-6(12)3-2-5(10)9(8)11/h2-4,13H,1H3. The average Bonchev–Trinajstić information content (AvgIpc) is 2.35. The Morgan fingerprint density at radius 3 is 2.85 bits per heavy atom. The third-order valence-electron chi connectivity index (χ3n) is 2.02. The molecule has 13 heavy (non-hydrogen) atoms. The predicted octanol–water partition coefficient (Wildman–Crippen LogP) is 3.30. The highest BCUT2D eigenvalue weighted by Gasteiger charge is 2.10. The van der Waals surface area contributed by atoms with Gasteiger partial charge in [0, 0.05) is 17.7 Å². The summed E-state index contributed by atoms with van der Waals surface area (Å²) in [4.78, 5) is 0. The summed E-state index contributed by atoms with van der Waals surface area (Å²) in [6, 6.07) is 3.77. The number of rotatable bonds is 0. The molecule has 0 unspecified atom stereocenters. The van der Waals surface area contributed by atoms with Gasteiger partial charge in [-0.15, -0.1) is 0 Å². The Bertz CT molecular complexity index is 478. The number of fused-ring (bicyclic) bond motifs is 1. The molecule has 68 valence electrons. The largest absolute Gasteiger partial charge is 0.506 e. The van der Waals surface area contributed by atoms with Crippen LogP contribution in [0.3, 0.4) is 0 Å². The highest BCUT2D eigenvalue weighted by atomic mass is 79.9. The van der Waals surface area contributed by atoms with E-state index in [0.29, 0.717) is 10.4 Å². The molecule has 2 aromatic rings. The summed E-state index contributed by atoms with van der Waals surface area (Å²) in [5, 5.41) is 10.8. The van der Waals surface area contributed by atoms with E-state index in [4.69, 9.17) is 11.6 Å². The minimum Gasteiger partial charge on any atom is -0.506 e. The van der Waals surface area contributed by atoms with E-state index in [1.54, 1.807) is 6.20 Å². The maximum atomic E-state index is 9.57. The smallest absolute Gasteiger partial charge is 0.142 e. The van der Waals surface area contributed by atoms with E-state index in [9.17, 15) is 5.11 Å². The number of aromatic hydroxyl groups is 1. The first-order valence-electron chi connectivity index (χ1n) is 3.73. The van der Waals surface area contributed by atoms with Crippen molar-refractivity contribution in [2.45, 2.75) is 0 Å². The molecule has 0 fully saturated rings. The summed E-state index contributed by atoms with van der Waals surface area (Å²) in [6.07, 6.45) is 1.64. The van der Waals surface area contributed by atoms with Crippen molar-refractivity contribution in [1.29, 1.82) is 0 Å². The summed E-state index contributed by atoms with van der Waals surface area (Å²) in [7, 11) is 1.87. The summed E-state index contributed by atoms with van der Waals surface area (Å²) < 4.78 is 2.63. The molecular formula is C9H7BrClNO. The van der Waals surface area contributed by atoms with Crippen molar-refractivity contribution in [2.75, 3.05) is 0 Å². The predicted molar refractivity (Wildman–Crippen MR) is 57.3 cm³/mol. The first kappa shape index (κ1) is 8.91. The first-order chi connectivity index (χ1) is 6.11. The Hall–Kier alpha value is -0.670. The molecule has 0 amide bonds. The third kappa shape index (κ3) is 1.23. The zero-order valence-electron chi connectivity index (χ0n) is 6.88. The van der Waals surface area contributed by atoms with Gasteiger partial charge in [0.05, 0.1) is 15.9 Å². The zero-order valence-corrected chi connectivity index (χ0v) is 9.22. The van der Waals surface area contributed by atoms with E-state index in [1.165, 1.54) is 0 Å². The van der Waals surface area contributed by atoms with Crippen molar-refractivity contribution in [3.8, 4) is 5.75 Å². The molecule has 0 saturated carbocycles. The number of nitrogens with zero attached hydrogens (tertiary/aromatic N) is 1. The van der Waals surface area contributed by atoms with Crippen LogP contribution >= 0.6 is 27.5 Å². The minimum atomic E-state index is 0.212. The van der Waals surface area contributed by atoms with Crippen LogP contribution in [0.1, 0.15) is 0 Å². The van der Waals surface area contributed by atoms with Crippen LogP contribution in [-0.4, -0.2) is 9.67 Å². The highest BCUT2D eigenvalue weighted by Crippen LogP contribution is 2.37. The molecule has 0 aliphatic carbocycles. The molecular weight excluding hydrogens is 253 g/mol. The zero-order chi connectivity index (χ0) is 9.59. The normalized spacial score (nSPS) is 11.0. The molecule has 0 aliphatic heterocycles. The second-order valence-electron chi connectivity index (χ2n) is 2.88. The Labute approximate surface area is 88.9 Å². The van der Waals surface area contributed by atoms with E-state index in [0.717, 1.165) is 9.99 Å². The monoisotopic (exact) mass is 259 g/mol. The Kier molecular flexibility index (Phi) is 2.00. The van der Waals surface area contributed by atoms with Gasteiger partial charge in [-0.3, -0.25) is 0 Å². The lowest BCUT2D eigenvalue weighted by molar-refractivity contribution is 0.479. The van der Waals surface area contributed by atoms with Crippen LogP contribution in [0, 0.1) is 0 Å². The second-order valence-corrected chi connectivity index (χ2v) is 4.11. The SMILES string of the molecule is Cn1cc(O)c2c(Cl)c(Br)ccc21. The van der Waals surface area contributed by atoms with E-state index >= 15 is 0 Å². The number of benzene rings is 1. The Morgan fingerprint density at radius 1 is 1.46 bits per heavy atom. The van der Waals surface area contributed by atoms with Gasteiger partial charge in [-0.2, -0.15) is 0 Å². The summed E-state index contributed by atoms with van der Waals surface area (Å²) in [5.74, 6) is 0.212. The number of aromatic nitrogens is 1. The maximum Gasteiger partial charge on any atom is 0.142 e. The molecule has 0 atom stereocenters. The molecule has 0 spiro atoms. The van der Waals surface area contributed by atoms with Crippen LogP contribution in [0.15, 0.2) is 22.8 Å². The molecule has 0 bridgehead atoms. The molecule has 1 aromatic heterocycles. The molecule has 0 radical (unpaired) electrons. The Morgan fingerprint density at radius 2 is 2.15 bits per heavy atom. The van der Waals surface area contributed by atoms with E-state index < -0.39 is 0 Å². The van der Waals surface area contributed by atoms with Gasteiger partial charge >= 0.3 is 0 Å². The maximum absolute atomic E-state index is 9.57. The molecule has 1 heterocycles. The molecule has 0 aliphatic rings. The Balaban J connectivity index is 2.98. The molecule has 1 aromatic carbocycles. The van der Waals surface area contributed by atoms with Crippen LogP contribution in [0.2, 0.25) is 5.02 Å². The molecule has 4 heteroatoms. The summed E-state index contributed by atoms with van der Waals surface area (Å²) in [5.41, 5.74) is 0.922. The van der Waals surface area contributed by atoms with Gasteiger partial charge in [0.1, 0.15) is 5.75 Å². The van der Waals surface area contributed by atoms with Gasteiger partial charge in [0.15, 0.2) is 0 Å². The van der Waals surface area contributed by atoms with Crippen LogP contribution in [-0.2, 0) is 7.05 Å². The van der Waals surface area contributed by atoms with Crippen molar-refractivity contribution >= 4 is 38.4 Å². The lowest BCUT2D eigenvalue weighted by atomic mass is 10.2. The highest BCUT2D eigenvalue weighted by molar-refractivity contribution is 9.10. The fraction of sp³-hybridized carbons (Fsp3) is 0.111. The lowest BCUT2D eigenvalue weighted by Crippen LogP contribution is -1.83. The lowest BCUT2D eigenvalue weighted by Gasteiger charge is -1.99. The van der Waals surface area contributed by atoms with Gasteiger partial charge in [-0.05, 0) is 28.1 Å². The van der Waals surface area contributed by atoms with Crippen LogP contribution in [0.4, 0.5) is 0 Å². The number of hydrogen-bond donors (Lipinski definition) is 1. The van der Waals surface area contributed by atoms with Crippen molar-refractivity contribution < 1.29 is 5.11 Å². The van der Waals surface area contributed by atoms with Crippen molar-refractivity contribution in [1.82, 2.24) is 4.57 Å². The van der Waals surface area contributed by atoms with E-state index in [-0.39, 0.29) is 5.75 Å². The molecule has 2 rings (SSSR count). The van der Waals surface area contributed by atoms with Crippen LogP contribution in [0.25, 0.3) is 10.9 Å². The quantitative estimate of drug-likeness (QED) is 0.772. The van der Waals surface area contributed by atoms with E-state index in [1.807, 2.05) is 23.7 Å². The minimum absolute atomic E-state index is 0.212. The number of halogens is 2.